The van der Waals surface area contributed by atoms with Crippen molar-refractivity contribution >= 4 is 46.5 Å². The summed E-state index contributed by atoms with van der Waals surface area (Å²) >= 11 is 2.51. The number of aromatic nitrogens is 1. The molecule has 2 aromatic heterocycles. The minimum absolute atomic E-state index is 0.0703. The third-order valence-electron chi connectivity index (χ3n) is 3.12. The van der Waals surface area contributed by atoms with E-state index in [0.29, 0.717) is 10.6 Å². The normalized spacial score (nSPS) is 11.0. The first kappa shape index (κ1) is 16.0. The lowest BCUT2D eigenvalue weighted by Gasteiger charge is -1.98. The summed E-state index contributed by atoms with van der Waals surface area (Å²) in [5.74, 6) is -0.998. The zero-order valence-electron chi connectivity index (χ0n) is 12.1. The van der Waals surface area contributed by atoms with Gasteiger partial charge in [-0.15, -0.1) is 22.7 Å². The van der Waals surface area contributed by atoms with Gasteiger partial charge in [0.1, 0.15) is 9.88 Å². The number of carbonyl (C=O) groups is 1. The Morgan fingerprint density at radius 1 is 1.17 bits per heavy atom. The first-order valence-corrected chi connectivity index (χ1v) is 8.39. The molecule has 1 aromatic carbocycles. The number of thiazole rings is 1. The Bertz CT molecular complexity index is 943. The summed E-state index contributed by atoms with van der Waals surface area (Å²) in [6.45, 7) is 0. The largest absolute Gasteiger partial charge is 0.477 e. The van der Waals surface area contributed by atoms with Crippen molar-refractivity contribution in [1.29, 1.82) is 0 Å². The topological polar surface area (TPSA) is 93.3 Å². The number of nitro benzene ring substituents is 1. The van der Waals surface area contributed by atoms with Crippen molar-refractivity contribution in [3.63, 3.8) is 0 Å². The lowest BCUT2D eigenvalue weighted by atomic mass is 10.1. The minimum atomic E-state index is -0.998. The SMILES string of the molecule is O=C(O)c1cnc(/C=C/c2ccc(-c3ccccc3[N+](=O)[O-])s2)s1. The number of para-hydroxylation sites is 1. The molecular formula is C16H10N2O4S2. The van der Waals surface area contributed by atoms with Crippen LogP contribution in [0.25, 0.3) is 22.6 Å². The van der Waals surface area contributed by atoms with Gasteiger partial charge in [0.25, 0.3) is 5.69 Å². The van der Waals surface area contributed by atoms with Crippen molar-refractivity contribution in [3.8, 4) is 10.4 Å². The second-order valence-electron chi connectivity index (χ2n) is 4.68. The maximum atomic E-state index is 11.1. The van der Waals surface area contributed by atoms with Gasteiger partial charge < -0.3 is 5.11 Å². The number of benzene rings is 1. The molecule has 0 radical (unpaired) electrons. The number of hydrogen-bond acceptors (Lipinski definition) is 6. The van der Waals surface area contributed by atoms with Gasteiger partial charge in [-0.05, 0) is 30.4 Å². The molecule has 3 aromatic rings. The molecule has 0 amide bonds. The predicted molar refractivity (Wildman–Crippen MR) is 94.4 cm³/mol. The summed E-state index contributed by atoms with van der Waals surface area (Å²) in [7, 11) is 0. The minimum Gasteiger partial charge on any atom is -0.477 e. The molecule has 3 rings (SSSR count). The van der Waals surface area contributed by atoms with Crippen molar-refractivity contribution in [2.75, 3.05) is 0 Å². The van der Waals surface area contributed by atoms with E-state index in [0.717, 1.165) is 21.1 Å². The van der Waals surface area contributed by atoms with Crippen molar-refractivity contribution < 1.29 is 14.8 Å². The molecule has 0 atom stereocenters. The van der Waals surface area contributed by atoms with Gasteiger partial charge in [0.15, 0.2) is 0 Å². The van der Waals surface area contributed by atoms with Crippen molar-refractivity contribution in [3.05, 3.63) is 67.5 Å². The van der Waals surface area contributed by atoms with Gasteiger partial charge in [-0.1, -0.05) is 12.1 Å². The Hall–Kier alpha value is -2.84. The van der Waals surface area contributed by atoms with Crippen LogP contribution in [0.3, 0.4) is 0 Å². The van der Waals surface area contributed by atoms with E-state index in [4.69, 9.17) is 5.11 Å². The highest BCUT2D eigenvalue weighted by Gasteiger charge is 2.15. The molecule has 24 heavy (non-hydrogen) atoms. The van der Waals surface area contributed by atoms with E-state index < -0.39 is 10.9 Å². The lowest BCUT2D eigenvalue weighted by molar-refractivity contribution is -0.384. The van der Waals surface area contributed by atoms with Gasteiger partial charge in [0.05, 0.1) is 16.7 Å². The first-order valence-electron chi connectivity index (χ1n) is 6.75. The molecule has 0 aliphatic heterocycles. The molecule has 1 N–H and O–H groups in total. The number of nitro groups is 1. The summed E-state index contributed by atoms with van der Waals surface area (Å²) in [6, 6.07) is 10.3. The van der Waals surface area contributed by atoms with Crippen LogP contribution < -0.4 is 0 Å². The van der Waals surface area contributed by atoms with Crippen molar-refractivity contribution in [2.24, 2.45) is 0 Å². The highest BCUT2D eigenvalue weighted by molar-refractivity contribution is 7.16. The quantitative estimate of drug-likeness (QED) is 0.529. The Morgan fingerprint density at radius 3 is 2.67 bits per heavy atom. The van der Waals surface area contributed by atoms with Gasteiger partial charge in [-0.25, -0.2) is 9.78 Å². The Labute approximate surface area is 144 Å². The molecule has 0 unspecified atom stereocenters. The standard InChI is InChI=1S/C16H10N2O4S2/c19-16(20)14-9-17-15(24-14)8-6-10-5-7-13(23-10)11-3-1-2-4-12(11)18(21)22/h1-9H,(H,19,20)/b8-6+. The number of aromatic carboxylic acids is 1. The number of carboxylic acids is 1. The van der Waals surface area contributed by atoms with Crippen LogP contribution in [0.4, 0.5) is 5.69 Å². The Kier molecular flexibility index (Phi) is 4.50. The molecule has 0 saturated carbocycles. The third kappa shape index (κ3) is 3.39. The number of thiophene rings is 1. The van der Waals surface area contributed by atoms with Gasteiger partial charge in [0, 0.05) is 15.8 Å². The van der Waals surface area contributed by atoms with Gasteiger partial charge >= 0.3 is 5.97 Å². The highest BCUT2D eigenvalue weighted by Crippen LogP contribution is 2.35. The van der Waals surface area contributed by atoms with Gasteiger partial charge in [-0.2, -0.15) is 0 Å². The summed E-state index contributed by atoms with van der Waals surface area (Å²) in [6.07, 6.45) is 4.86. The van der Waals surface area contributed by atoms with Crippen LogP contribution >= 0.6 is 22.7 Å². The van der Waals surface area contributed by atoms with E-state index in [2.05, 4.69) is 4.98 Å². The smallest absolute Gasteiger partial charge is 0.347 e. The second kappa shape index (κ2) is 6.73. The average Bonchev–Trinajstić information content (AvgIpc) is 3.22. The maximum absolute atomic E-state index is 11.1. The van der Waals surface area contributed by atoms with Crippen LogP contribution in [0.2, 0.25) is 0 Å². The van der Waals surface area contributed by atoms with Crippen LogP contribution in [0.5, 0.6) is 0 Å². The molecule has 0 spiro atoms. The molecule has 0 aliphatic rings. The molecule has 0 saturated heterocycles. The predicted octanol–water partition coefficient (Wildman–Crippen LogP) is 4.65. The van der Waals surface area contributed by atoms with Gasteiger partial charge in [0.2, 0.25) is 0 Å². The van der Waals surface area contributed by atoms with E-state index in [-0.39, 0.29) is 10.6 Å². The maximum Gasteiger partial charge on any atom is 0.347 e. The van der Waals surface area contributed by atoms with E-state index in [1.165, 1.54) is 23.6 Å². The van der Waals surface area contributed by atoms with Crippen LogP contribution in [0, 0.1) is 10.1 Å². The van der Waals surface area contributed by atoms with E-state index in [1.807, 2.05) is 18.2 Å². The van der Waals surface area contributed by atoms with Crippen molar-refractivity contribution in [2.45, 2.75) is 0 Å². The summed E-state index contributed by atoms with van der Waals surface area (Å²) in [5, 5.41) is 20.6. The van der Waals surface area contributed by atoms with Crippen LogP contribution in [-0.2, 0) is 0 Å². The Balaban J connectivity index is 1.84. The third-order valence-corrected chi connectivity index (χ3v) is 5.15. The van der Waals surface area contributed by atoms with E-state index in [9.17, 15) is 14.9 Å². The number of carboxylic acid groups (broad SMARTS) is 1. The van der Waals surface area contributed by atoms with Crippen LogP contribution in [0.1, 0.15) is 19.6 Å². The number of rotatable bonds is 5. The monoisotopic (exact) mass is 358 g/mol. The fourth-order valence-corrected chi connectivity index (χ4v) is 3.65. The molecule has 8 heteroatoms. The fraction of sp³-hybridized carbons (Fsp3) is 0. The van der Waals surface area contributed by atoms with Crippen molar-refractivity contribution in [1.82, 2.24) is 4.98 Å². The second-order valence-corrected chi connectivity index (χ2v) is 6.86. The highest BCUT2D eigenvalue weighted by atomic mass is 32.1. The fourth-order valence-electron chi connectivity index (χ4n) is 2.05. The molecule has 6 nitrogen and oxygen atoms in total. The number of nitrogens with zero attached hydrogens (tertiary/aromatic N) is 2. The molecule has 2 heterocycles. The summed E-state index contributed by atoms with van der Waals surface area (Å²) < 4.78 is 0. The van der Waals surface area contributed by atoms with Crippen LogP contribution in [-0.4, -0.2) is 21.0 Å². The Morgan fingerprint density at radius 2 is 1.96 bits per heavy atom. The zero-order chi connectivity index (χ0) is 17.1. The average molecular weight is 358 g/mol. The summed E-state index contributed by atoms with van der Waals surface area (Å²) in [4.78, 5) is 27.4. The van der Waals surface area contributed by atoms with E-state index >= 15 is 0 Å². The zero-order valence-corrected chi connectivity index (χ0v) is 13.7. The molecule has 0 aliphatic carbocycles. The lowest BCUT2D eigenvalue weighted by Crippen LogP contribution is -1.89. The first-order chi connectivity index (χ1) is 11.5. The molecule has 0 fully saturated rings. The molecular weight excluding hydrogens is 348 g/mol. The summed E-state index contributed by atoms with van der Waals surface area (Å²) in [5.41, 5.74) is 0.649. The van der Waals surface area contributed by atoms with E-state index in [1.54, 1.807) is 24.3 Å². The van der Waals surface area contributed by atoms with Gasteiger partial charge in [-0.3, -0.25) is 10.1 Å². The molecule has 0 bridgehead atoms. The van der Waals surface area contributed by atoms with Crippen LogP contribution in [0.15, 0.2) is 42.6 Å². The number of hydrogen-bond donors (Lipinski definition) is 1. The molecule has 120 valence electrons.